The van der Waals surface area contributed by atoms with Gasteiger partial charge in [-0.2, -0.15) is 22.8 Å². The van der Waals surface area contributed by atoms with Crippen molar-refractivity contribution in [1.82, 2.24) is 29.4 Å². The lowest BCUT2D eigenvalue weighted by Crippen LogP contribution is -2.35. The molecule has 0 radical (unpaired) electrons. The third kappa shape index (κ3) is 3.19. The van der Waals surface area contributed by atoms with Gasteiger partial charge >= 0.3 is 6.18 Å². The number of alkyl halides is 3. The van der Waals surface area contributed by atoms with Gasteiger partial charge in [0.2, 0.25) is 17.7 Å². The third-order valence-electron chi connectivity index (χ3n) is 4.71. The first-order chi connectivity index (χ1) is 14.2. The second-order valence-electron chi connectivity index (χ2n) is 6.65. The van der Waals surface area contributed by atoms with E-state index in [1.54, 1.807) is 26.2 Å². The summed E-state index contributed by atoms with van der Waals surface area (Å²) in [5.74, 6) is -0.485. The summed E-state index contributed by atoms with van der Waals surface area (Å²) in [5, 5.41) is 11.4. The molecular formula is C18H17F3N8O. The summed E-state index contributed by atoms with van der Waals surface area (Å²) in [5.41, 5.74) is 4.89. The van der Waals surface area contributed by atoms with E-state index in [9.17, 15) is 18.0 Å². The number of fused-ring (bicyclic) bond motifs is 3. The van der Waals surface area contributed by atoms with E-state index in [1.165, 1.54) is 21.3 Å². The Balaban J connectivity index is 2.04. The fourth-order valence-corrected chi connectivity index (χ4v) is 3.19. The van der Waals surface area contributed by atoms with Crippen molar-refractivity contribution in [2.45, 2.75) is 25.6 Å². The molecule has 1 unspecified atom stereocenters. The third-order valence-corrected chi connectivity index (χ3v) is 4.71. The number of carbonyl (C=O) groups is 1. The average molecular weight is 418 g/mol. The minimum absolute atomic E-state index is 0.0687. The van der Waals surface area contributed by atoms with Gasteiger partial charge in [-0.15, -0.1) is 5.10 Å². The van der Waals surface area contributed by atoms with Gasteiger partial charge in [0.1, 0.15) is 11.7 Å². The van der Waals surface area contributed by atoms with Crippen molar-refractivity contribution < 1.29 is 18.0 Å². The molecule has 0 saturated heterocycles. The largest absolute Gasteiger partial charge is 0.418 e. The normalized spacial score (nSPS) is 13.1. The van der Waals surface area contributed by atoms with E-state index in [1.807, 2.05) is 0 Å². The molecule has 0 aliphatic rings. The van der Waals surface area contributed by atoms with Gasteiger partial charge in [0.25, 0.3) is 0 Å². The lowest BCUT2D eigenvalue weighted by Gasteiger charge is -2.16. The maximum absolute atomic E-state index is 13.6. The molecule has 1 atom stereocenters. The average Bonchev–Trinajstić information content (AvgIpc) is 3.30. The lowest BCUT2D eigenvalue weighted by molar-refractivity contribution is -0.136. The van der Waals surface area contributed by atoms with E-state index >= 15 is 0 Å². The van der Waals surface area contributed by atoms with Crippen LogP contribution >= 0.6 is 0 Å². The number of nitrogens with two attached hydrogens (primary N) is 1. The van der Waals surface area contributed by atoms with Crippen LogP contribution in [0.3, 0.4) is 0 Å². The van der Waals surface area contributed by atoms with Crippen LogP contribution in [0.25, 0.3) is 28.1 Å². The minimum atomic E-state index is -4.62. The quantitative estimate of drug-likeness (QED) is 0.514. The van der Waals surface area contributed by atoms with Crippen molar-refractivity contribution >= 4 is 28.4 Å². The number of anilines is 1. The molecule has 9 nitrogen and oxygen atoms in total. The van der Waals surface area contributed by atoms with Crippen molar-refractivity contribution in [2.24, 2.45) is 12.8 Å². The van der Waals surface area contributed by atoms with Crippen LogP contribution in [-0.4, -0.2) is 41.3 Å². The van der Waals surface area contributed by atoms with Gasteiger partial charge in [0.15, 0.2) is 5.65 Å². The Morgan fingerprint density at radius 1 is 1.27 bits per heavy atom. The second kappa shape index (κ2) is 6.97. The highest BCUT2D eigenvalue weighted by Gasteiger charge is 2.34. The van der Waals surface area contributed by atoms with E-state index in [-0.39, 0.29) is 28.3 Å². The summed E-state index contributed by atoms with van der Waals surface area (Å²) in [6.07, 6.45) is -2.76. The predicted molar refractivity (Wildman–Crippen MR) is 102 cm³/mol. The number of primary amides is 1. The van der Waals surface area contributed by atoms with E-state index < -0.39 is 23.7 Å². The molecule has 0 spiro atoms. The molecule has 0 fully saturated rings. The number of nitrogens with one attached hydrogen (secondary N) is 1. The number of carbonyl (C=O) groups excluding carboxylic acids is 1. The van der Waals surface area contributed by atoms with Crippen LogP contribution in [0.1, 0.15) is 18.9 Å². The number of aryl methyl sites for hydroxylation is 1. The van der Waals surface area contributed by atoms with Gasteiger partial charge in [-0.1, -0.05) is 13.0 Å². The Bertz CT molecular complexity index is 1260. The summed E-state index contributed by atoms with van der Waals surface area (Å²) >= 11 is 0. The molecule has 3 heterocycles. The highest BCUT2D eigenvalue weighted by Crippen LogP contribution is 2.36. The molecule has 1 aromatic carbocycles. The van der Waals surface area contributed by atoms with Crippen LogP contribution in [0.4, 0.5) is 19.1 Å². The van der Waals surface area contributed by atoms with Crippen molar-refractivity contribution in [2.75, 3.05) is 5.32 Å². The van der Waals surface area contributed by atoms with E-state index in [2.05, 4.69) is 25.5 Å². The molecule has 0 aliphatic carbocycles. The molecule has 4 rings (SSSR count). The maximum Gasteiger partial charge on any atom is 0.418 e. The standard InChI is InChI=1S/C18H17F3N8O/c1-3-11(14(22)30)24-17-25-13-9(5-4-6-10(13)18(19,20)21)16-26-15(27-29(16)17)12-7-8-23-28(12)2/h4-8,11H,3H2,1-2H3,(H2,22,30)(H,24,25). The van der Waals surface area contributed by atoms with Crippen molar-refractivity contribution in [1.29, 1.82) is 0 Å². The predicted octanol–water partition coefficient (Wildman–Crippen LogP) is 2.37. The zero-order valence-corrected chi connectivity index (χ0v) is 16.0. The van der Waals surface area contributed by atoms with Gasteiger partial charge < -0.3 is 11.1 Å². The number of para-hydroxylation sites is 1. The van der Waals surface area contributed by atoms with Gasteiger partial charge in [-0.3, -0.25) is 9.48 Å². The van der Waals surface area contributed by atoms with E-state index in [4.69, 9.17) is 5.73 Å². The summed E-state index contributed by atoms with van der Waals surface area (Å²) in [4.78, 5) is 20.3. The fraction of sp³-hybridized carbons (Fsp3) is 0.278. The number of hydrogen-bond acceptors (Lipinski definition) is 6. The van der Waals surface area contributed by atoms with Crippen molar-refractivity contribution in [3.05, 3.63) is 36.0 Å². The van der Waals surface area contributed by atoms with Crippen molar-refractivity contribution in [3.8, 4) is 11.5 Å². The molecular weight excluding hydrogens is 401 g/mol. The van der Waals surface area contributed by atoms with Crippen molar-refractivity contribution in [3.63, 3.8) is 0 Å². The van der Waals surface area contributed by atoms with Crippen LogP contribution in [0, 0.1) is 0 Å². The Morgan fingerprint density at radius 3 is 2.63 bits per heavy atom. The van der Waals surface area contributed by atoms with E-state index in [0.29, 0.717) is 12.1 Å². The Kier molecular flexibility index (Phi) is 4.56. The minimum Gasteiger partial charge on any atom is -0.368 e. The summed E-state index contributed by atoms with van der Waals surface area (Å²) in [6, 6.07) is 4.55. The Hall–Kier alpha value is -3.70. The molecule has 3 N–H and O–H groups in total. The Morgan fingerprint density at radius 2 is 2.03 bits per heavy atom. The van der Waals surface area contributed by atoms with Gasteiger partial charge in [-0.05, 0) is 24.6 Å². The fourth-order valence-electron chi connectivity index (χ4n) is 3.19. The van der Waals surface area contributed by atoms with Crippen LogP contribution in [0.15, 0.2) is 30.5 Å². The lowest BCUT2D eigenvalue weighted by atomic mass is 10.1. The number of hydrogen-bond donors (Lipinski definition) is 2. The topological polar surface area (TPSA) is 116 Å². The molecule has 4 aromatic rings. The number of rotatable bonds is 5. The van der Waals surface area contributed by atoms with E-state index in [0.717, 1.165) is 6.07 Å². The molecule has 1 amide bonds. The highest BCUT2D eigenvalue weighted by molar-refractivity contribution is 5.95. The van der Waals surface area contributed by atoms with Crippen LogP contribution in [0.5, 0.6) is 0 Å². The second-order valence-corrected chi connectivity index (χ2v) is 6.65. The van der Waals surface area contributed by atoms with Gasteiger partial charge in [0, 0.05) is 18.6 Å². The molecule has 0 bridgehead atoms. The molecule has 3 aromatic heterocycles. The van der Waals surface area contributed by atoms with Crippen LogP contribution < -0.4 is 11.1 Å². The molecule has 30 heavy (non-hydrogen) atoms. The first-order valence-corrected chi connectivity index (χ1v) is 9.01. The summed E-state index contributed by atoms with van der Waals surface area (Å²) < 4.78 is 43.6. The molecule has 12 heteroatoms. The first-order valence-electron chi connectivity index (χ1n) is 9.01. The van der Waals surface area contributed by atoms with Crippen LogP contribution in [0.2, 0.25) is 0 Å². The maximum atomic E-state index is 13.6. The summed E-state index contributed by atoms with van der Waals surface area (Å²) in [7, 11) is 1.69. The van der Waals surface area contributed by atoms with Crippen LogP contribution in [-0.2, 0) is 18.0 Å². The summed E-state index contributed by atoms with van der Waals surface area (Å²) in [6.45, 7) is 1.71. The monoisotopic (exact) mass is 418 g/mol. The highest BCUT2D eigenvalue weighted by atomic mass is 19.4. The molecule has 0 aliphatic heterocycles. The number of nitrogens with zero attached hydrogens (tertiary/aromatic N) is 6. The number of halogens is 3. The molecule has 0 saturated carbocycles. The molecule has 156 valence electrons. The zero-order chi connectivity index (χ0) is 21.6. The number of aromatic nitrogens is 6. The number of amides is 1. The Labute approximate surface area is 167 Å². The smallest absolute Gasteiger partial charge is 0.368 e. The number of benzene rings is 1. The van der Waals surface area contributed by atoms with Gasteiger partial charge in [0.05, 0.1) is 11.1 Å². The van der Waals surface area contributed by atoms with Gasteiger partial charge in [-0.25, -0.2) is 9.97 Å². The SMILES string of the molecule is CCC(Nc1nc2c(C(F)(F)F)cccc2c2nc(-c3ccnn3C)nn12)C(N)=O. The zero-order valence-electron chi connectivity index (χ0n) is 16.0. The first kappa shape index (κ1) is 19.6.